The fourth-order valence-electron chi connectivity index (χ4n) is 7.53. The molecule has 4 aliphatic rings. The Morgan fingerprint density at radius 2 is 1.48 bits per heavy atom. The standard InChI is InChI=1S/C34H32O9S2.C6H7NO4/c1-33(2)13-19-9-29-27(11-25(19)21(15-33)17-44(37,38)39)31(23-7-5-6-8-24(23)32(35)36)28-12-26-20(10-30(28)43-29)14-34(3,4)16-22(26)18-45(40,41)42;1-4(8)11-7-5(9)2-3-6(7)10/h5-13,15-16H,14,17-18H2,1-4H3,(H,35,36)(H,37,38,39)(H,40,41,42);2-3H2,1H3/p-1. The van der Waals surface area contributed by atoms with Gasteiger partial charge in [0.15, 0.2) is 0 Å². The van der Waals surface area contributed by atoms with Crippen molar-refractivity contribution in [2.24, 2.45) is 10.8 Å². The first-order valence-corrected chi connectivity index (χ1v) is 20.6. The number of ether oxygens (including phenoxy) is 1. The number of imide groups is 1. The molecular weight excluding hydrogens is 767 g/mol. The van der Waals surface area contributed by atoms with Gasteiger partial charge in [-0.15, -0.1) is 5.06 Å². The van der Waals surface area contributed by atoms with E-state index in [1.807, 2.05) is 45.9 Å². The third-order valence-electron chi connectivity index (χ3n) is 9.42. The van der Waals surface area contributed by atoms with E-state index in [4.69, 9.17) is 4.74 Å². The lowest BCUT2D eigenvalue weighted by atomic mass is 9.75. The second-order valence-electron chi connectivity index (χ2n) is 15.3. The van der Waals surface area contributed by atoms with Crippen LogP contribution in [0, 0.1) is 10.8 Å². The number of carboxylic acid groups (broad SMARTS) is 1. The first-order chi connectivity index (χ1) is 25.9. The van der Waals surface area contributed by atoms with Gasteiger partial charge in [0, 0.05) is 41.5 Å². The Hall–Kier alpha value is -5.42. The monoisotopic (exact) mass is 804 g/mol. The Labute approximate surface area is 322 Å². The minimum absolute atomic E-state index is 0.0159. The number of hydrogen-bond donors (Lipinski definition) is 2. The van der Waals surface area contributed by atoms with Crippen LogP contribution in [0.2, 0.25) is 0 Å². The van der Waals surface area contributed by atoms with E-state index in [0.29, 0.717) is 72.4 Å². The third kappa shape index (κ3) is 8.68. The molecule has 0 atom stereocenters. The van der Waals surface area contributed by atoms with Crippen LogP contribution in [0.25, 0.3) is 22.8 Å². The van der Waals surface area contributed by atoms with Gasteiger partial charge in [-0.3, -0.25) is 14.1 Å². The Bertz CT molecular complexity index is 2650. The number of rotatable bonds is 7. The largest absolute Gasteiger partial charge is 0.748 e. The van der Waals surface area contributed by atoms with Crippen LogP contribution in [0.4, 0.5) is 0 Å². The van der Waals surface area contributed by atoms with Crippen LogP contribution < -0.4 is 15.2 Å². The number of nitrogens with zero attached hydrogens (tertiary/aromatic N) is 1. The van der Waals surface area contributed by atoms with E-state index in [1.54, 1.807) is 42.5 Å². The molecule has 3 aromatic rings. The van der Waals surface area contributed by atoms with Crippen molar-refractivity contribution in [3.8, 4) is 11.5 Å². The molecule has 294 valence electrons. The average molecular weight is 805 g/mol. The van der Waals surface area contributed by atoms with Crippen molar-refractivity contribution in [3.63, 3.8) is 0 Å². The lowest BCUT2D eigenvalue weighted by Crippen LogP contribution is -2.30. The second kappa shape index (κ2) is 14.3. The predicted molar refractivity (Wildman–Crippen MR) is 203 cm³/mol. The van der Waals surface area contributed by atoms with Crippen LogP contribution >= 0.6 is 0 Å². The smallest absolute Gasteiger partial charge is 0.336 e. The number of carboxylic acids is 1. The molecule has 2 amide bonds. The molecule has 7 rings (SSSR count). The molecule has 2 aliphatic carbocycles. The number of hydroxylamine groups is 2. The van der Waals surface area contributed by atoms with E-state index in [9.17, 15) is 50.2 Å². The van der Waals surface area contributed by atoms with Gasteiger partial charge in [-0.25, -0.2) is 18.0 Å². The number of allylic oxidation sites excluding steroid dienone is 2. The quantitative estimate of drug-likeness (QED) is 0.200. The van der Waals surface area contributed by atoms with Gasteiger partial charge in [0.25, 0.3) is 21.9 Å². The van der Waals surface area contributed by atoms with Gasteiger partial charge in [0.05, 0.1) is 21.4 Å². The summed E-state index contributed by atoms with van der Waals surface area (Å²) in [7, 11) is -9.01. The Balaban J connectivity index is 0.000000417. The highest BCUT2D eigenvalue weighted by Gasteiger charge is 2.34. The van der Waals surface area contributed by atoms with E-state index < -0.39 is 66.3 Å². The highest BCUT2D eigenvalue weighted by molar-refractivity contribution is 7.86. The summed E-state index contributed by atoms with van der Waals surface area (Å²) in [5, 5.41) is 11.8. The van der Waals surface area contributed by atoms with Crippen LogP contribution in [0.1, 0.15) is 85.6 Å². The molecule has 2 heterocycles. The van der Waals surface area contributed by atoms with Gasteiger partial charge >= 0.3 is 11.9 Å². The summed E-state index contributed by atoms with van der Waals surface area (Å²) in [6, 6.07) is 13.6. The topological polar surface area (TPSA) is 222 Å². The maximum Gasteiger partial charge on any atom is 0.336 e. The first kappa shape index (κ1) is 40.2. The van der Waals surface area contributed by atoms with Gasteiger partial charge in [0.1, 0.15) is 17.3 Å². The van der Waals surface area contributed by atoms with E-state index in [0.717, 1.165) is 12.5 Å². The second-order valence-corrected chi connectivity index (χ2v) is 18.2. The Morgan fingerprint density at radius 3 is 2.09 bits per heavy atom. The molecule has 14 nitrogen and oxygen atoms in total. The van der Waals surface area contributed by atoms with Crippen LogP contribution in [-0.4, -0.2) is 71.4 Å². The molecule has 0 bridgehead atoms. The summed E-state index contributed by atoms with van der Waals surface area (Å²) < 4.78 is 76.1. The molecule has 1 saturated heterocycles. The number of amides is 2. The average Bonchev–Trinajstić information content (AvgIpc) is 3.35. The minimum Gasteiger partial charge on any atom is -0.748 e. The summed E-state index contributed by atoms with van der Waals surface area (Å²) in [6.45, 7) is 8.87. The van der Waals surface area contributed by atoms with Crippen LogP contribution in [0.5, 0.6) is 11.5 Å². The number of fused-ring (bicyclic) bond motifs is 4. The Morgan fingerprint density at radius 1 is 0.839 bits per heavy atom. The van der Waals surface area contributed by atoms with Gasteiger partial charge in [-0.05, 0) is 80.8 Å². The van der Waals surface area contributed by atoms with E-state index >= 15 is 0 Å². The van der Waals surface area contributed by atoms with E-state index in [1.165, 1.54) is 6.07 Å². The van der Waals surface area contributed by atoms with Crippen molar-refractivity contribution in [1.82, 2.24) is 5.06 Å². The summed E-state index contributed by atoms with van der Waals surface area (Å²) >= 11 is 0. The predicted octanol–water partition coefficient (Wildman–Crippen LogP) is 3.95. The summed E-state index contributed by atoms with van der Waals surface area (Å²) in [5.41, 5.74) is 3.05. The molecule has 3 aromatic carbocycles. The number of benzene rings is 3. The molecule has 0 spiro atoms. The molecule has 0 unspecified atom stereocenters. The fourth-order valence-corrected chi connectivity index (χ4v) is 8.79. The number of carbonyl (C=O) groups excluding carboxylic acids is 3. The maximum atomic E-state index is 12.5. The van der Waals surface area contributed by atoms with Crippen molar-refractivity contribution >= 4 is 66.8 Å². The van der Waals surface area contributed by atoms with Crippen LogP contribution in [0.15, 0.2) is 60.7 Å². The van der Waals surface area contributed by atoms with E-state index in [-0.39, 0.29) is 18.4 Å². The van der Waals surface area contributed by atoms with Crippen molar-refractivity contribution < 1.29 is 59.8 Å². The highest BCUT2D eigenvalue weighted by atomic mass is 32.2. The molecule has 0 saturated carbocycles. The third-order valence-corrected chi connectivity index (χ3v) is 10.8. The first-order valence-electron chi connectivity index (χ1n) is 17.4. The summed E-state index contributed by atoms with van der Waals surface area (Å²) in [6.07, 6.45) is 6.34. The van der Waals surface area contributed by atoms with Gasteiger partial charge < -0.3 is 19.2 Å². The molecule has 0 aromatic heterocycles. The van der Waals surface area contributed by atoms with Crippen molar-refractivity contribution in [1.29, 1.82) is 0 Å². The van der Waals surface area contributed by atoms with Gasteiger partial charge in [0.2, 0.25) is 0 Å². The lowest BCUT2D eigenvalue weighted by Gasteiger charge is -2.32. The lowest BCUT2D eigenvalue weighted by molar-refractivity contribution is -0.195. The maximum absolute atomic E-state index is 12.5. The van der Waals surface area contributed by atoms with Crippen LogP contribution in [0.3, 0.4) is 0 Å². The Kier molecular flexibility index (Phi) is 10.2. The molecule has 1 fully saturated rings. The molecule has 16 heteroatoms. The van der Waals surface area contributed by atoms with E-state index in [2.05, 4.69) is 4.84 Å². The fraction of sp³-hybridized carbons (Fsp3) is 0.300. The molecule has 56 heavy (non-hydrogen) atoms. The highest BCUT2D eigenvalue weighted by Crippen LogP contribution is 2.45. The number of carbonyl (C=O) groups is 4. The summed E-state index contributed by atoms with van der Waals surface area (Å²) in [5.74, 6) is -3.19. The van der Waals surface area contributed by atoms with Gasteiger partial charge in [-0.2, -0.15) is 8.42 Å². The normalized spacial score (nSPS) is 17.7. The zero-order chi connectivity index (χ0) is 41.1. The zero-order valence-corrected chi connectivity index (χ0v) is 32.7. The zero-order valence-electron chi connectivity index (χ0n) is 31.0. The van der Waals surface area contributed by atoms with Crippen LogP contribution in [-0.2, 0) is 45.9 Å². The number of hydrogen-bond acceptors (Lipinski definition) is 11. The molecule has 0 radical (unpaired) electrons. The molecule has 2 aliphatic heterocycles. The molecule has 2 N–H and O–H groups in total. The SMILES string of the molecule is CC(=O)ON1C(=O)CCC1=O.CC1(C)C=C(CS(=O)(=O)[O-])c2cc3c(cc2=C1)Oc1cc2c(cc1C=3c1ccccc1C(=O)O)C(CS(=O)(=O)O)=CC(C)(C)C2. The molecular formula is C40H38NO13S2-. The van der Waals surface area contributed by atoms with Crippen molar-refractivity contribution in [2.45, 2.75) is 53.9 Å². The number of aromatic carboxylic acids is 1. The minimum atomic E-state index is -4.63. The van der Waals surface area contributed by atoms with Gasteiger partial charge in [-0.1, -0.05) is 64.1 Å². The van der Waals surface area contributed by atoms with Crippen molar-refractivity contribution in [3.05, 3.63) is 105 Å². The van der Waals surface area contributed by atoms with Crippen molar-refractivity contribution in [2.75, 3.05) is 11.5 Å². The summed E-state index contributed by atoms with van der Waals surface area (Å²) in [4.78, 5) is 48.6.